The molecule has 1 aliphatic heterocycles. The molecule has 1 N–H and O–H groups in total. The van der Waals surface area contributed by atoms with Crippen molar-refractivity contribution < 1.29 is 13.6 Å². The standard InChI is InChI=1S/C9H14F2N2O.ClH/c1-3-4-13(2)8(14)7-5-9(10,11)6-12-7;/h3,7,12H,1,4-6H2,2H3;1H. The number of carbonyl (C=O) groups excluding carboxylic acids is 1. The van der Waals surface area contributed by atoms with E-state index in [1.807, 2.05) is 0 Å². The fraction of sp³-hybridized carbons (Fsp3) is 0.667. The average Bonchev–Trinajstić information content (AvgIpc) is 2.45. The zero-order valence-electron chi connectivity index (χ0n) is 8.50. The molecule has 0 aliphatic carbocycles. The molecular weight excluding hydrogens is 226 g/mol. The van der Waals surface area contributed by atoms with E-state index in [1.165, 1.54) is 4.90 Å². The number of likely N-dealkylation sites (N-methyl/N-ethyl adjacent to an activating group) is 1. The molecule has 1 aliphatic rings. The summed E-state index contributed by atoms with van der Waals surface area (Å²) in [6, 6.07) is -0.755. The van der Waals surface area contributed by atoms with E-state index in [4.69, 9.17) is 0 Å². The number of alkyl halides is 2. The van der Waals surface area contributed by atoms with Crippen LogP contribution in [0, 0.1) is 0 Å². The van der Waals surface area contributed by atoms with Gasteiger partial charge >= 0.3 is 0 Å². The lowest BCUT2D eigenvalue weighted by molar-refractivity contribution is -0.131. The van der Waals surface area contributed by atoms with E-state index in [0.29, 0.717) is 6.54 Å². The van der Waals surface area contributed by atoms with Crippen LogP contribution in [0.15, 0.2) is 12.7 Å². The van der Waals surface area contributed by atoms with Gasteiger partial charge in [0, 0.05) is 20.0 Å². The van der Waals surface area contributed by atoms with Gasteiger partial charge in [-0.2, -0.15) is 0 Å². The Morgan fingerprint density at radius 3 is 2.73 bits per heavy atom. The first-order chi connectivity index (χ1) is 6.46. The molecule has 15 heavy (non-hydrogen) atoms. The van der Waals surface area contributed by atoms with Crippen molar-refractivity contribution in [2.24, 2.45) is 0 Å². The van der Waals surface area contributed by atoms with E-state index in [0.717, 1.165) is 0 Å². The highest BCUT2D eigenvalue weighted by Gasteiger charge is 2.42. The van der Waals surface area contributed by atoms with Crippen molar-refractivity contribution in [1.82, 2.24) is 10.2 Å². The van der Waals surface area contributed by atoms with E-state index in [1.54, 1.807) is 13.1 Å². The summed E-state index contributed by atoms with van der Waals surface area (Å²) in [6.45, 7) is 3.44. The van der Waals surface area contributed by atoms with Crippen LogP contribution in [0.4, 0.5) is 8.78 Å². The third kappa shape index (κ3) is 3.76. The summed E-state index contributed by atoms with van der Waals surface area (Å²) in [7, 11) is 1.57. The van der Waals surface area contributed by atoms with E-state index in [9.17, 15) is 13.6 Å². The molecule has 1 fully saturated rings. The van der Waals surface area contributed by atoms with E-state index in [-0.39, 0.29) is 18.3 Å². The first-order valence-corrected chi connectivity index (χ1v) is 4.43. The maximum Gasteiger partial charge on any atom is 0.262 e. The van der Waals surface area contributed by atoms with Crippen molar-refractivity contribution >= 4 is 18.3 Å². The number of carbonyl (C=O) groups is 1. The molecule has 0 saturated carbocycles. The second-order valence-electron chi connectivity index (χ2n) is 3.50. The Balaban J connectivity index is 0.00000196. The third-order valence-electron chi connectivity index (χ3n) is 2.19. The van der Waals surface area contributed by atoms with Gasteiger partial charge in [0.2, 0.25) is 5.91 Å². The molecule has 0 aromatic carbocycles. The minimum absolute atomic E-state index is 0. The maximum atomic E-state index is 12.8. The SMILES string of the molecule is C=CCN(C)C(=O)C1CC(F)(F)CN1.Cl. The van der Waals surface area contributed by atoms with Crippen LogP contribution >= 0.6 is 12.4 Å². The molecule has 1 saturated heterocycles. The zero-order chi connectivity index (χ0) is 10.8. The second kappa shape index (κ2) is 5.42. The average molecular weight is 241 g/mol. The Hall–Kier alpha value is -0.680. The summed E-state index contributed by atoms with van der Waals surface area (Å²) in [4.78, 5) is 12.9. The molecule has 0 aromatic heterocycles. The van der Waals surface area contributed by atoms with Gasteiger partial charge in [0.1, 0.15) is 0 Å². The molecule has 3 nitrogen and oxygen atoms in total. The number of nitrogens with one attached hydrogen (secondary N) is 1. The number of amides is 1. The normalized spacial score (nSPS) is 23.0. The highest BCUT2D eigenvalue weighted by atomic mass is 35.5. The van der Waals surface area contributed by atoms with Crippen LogP contribution in [0.5, 0.6) is 0 Å². The minimum atomic E-state index is -2.75. The number of rotatable bonds is 3. The Morgan fingerprint density at radius 2 is 2.33 bits per heavy atom. The molecule has 1 rings (SSSR count). The molecule has 6 heteroatoms. The summed E-state index contributed by atoms with van der Waals surface area (Å²) in [5.74, 6) is -3.06. The highest BCUT2D eigenvalue weighted by Crippen LogP contribution is 2.25. The molecule has 1 heterocycles. The van der Waals surface area contributed by atoms with Gasteiger partial charge in [-0.25, -0.2) is 8.78 Å². The molecule has 0 bridgehead atoms. The lowest BCUT2D eigenvalue weighted by Crippen LogP contribution is -2.41. The van der Waals surface area contributed by atoms with Crippen molar-refractivity contribution in [1.29, 1.82) is 0 Å². The summed E-state index contributed by atoms with van der Waals surface area (Å²) in [5, 5.41) is 2.51. The zero-order valence-corrected chi connectivity index (χ0v) is 9.32. The summed E-state index contributed by atoms with van der Waals surface area (Å²) < 4.78 is 25.5. The smallest absolute Gasteiger partial charge is 0.262 e. The molecule has 1 amide bonds. The van der Waals surface area contributed by atoms with Gasteiger partial charge in [0.15, 0.2) is 0 Å². The summed E-state index contributed by atoms with van der Waals surface area (Å²) in [6.07, 6.45) is 1.15. The van der Waals surface area contributed by atoms with Gasteiger partial charge in [0.25, 0.3) is 5.92 Å². The molecule has 88 valence electrons. The Labute approximate surface area is 93.9 Å². The third-order valence-corrected chi connectivity index (χ3v) is 2.19. The van der Waals surface area contributed by atoms with Gasteiger partial charge in [-0.15, -0.1) is 19.0 Å². The maximum absolute atomic E-state index is 12.8. The molecule has 1 unspecified atom stereocenters. The van der Waals surface area contributed by atoms with Crippen LogP contribution in [0.1, 0.15) is 6.42 Å². The van der Waals surface area contributed by atoms with Crippen LogP contribution in [0.25, 0.3) is 0 Å². The minimum Gasteiger partial charge on any atom is -0.341 e. The van der Waals surface area contributed by atoms with Crippen LogP contribution in [0.3, 0.4) is 0 Å². The van der Waals surface area contributed by atoms with Gasteiger partial charge in [-0.1, -0.05) is 6.08 Å². The van der Waals surface area contributed by atoms with Gasteiger partial charge in [-0.3, -0.25) is 10.1 Å². The lowest BCUT2D eigenvalue weighted by atomic mass is 10.2. The van der Waals surface area contributed by atoms with Crippen molar-refractivity contribution in [3.05, 3.63) is 12.7 Å². The second-order valence-corrected chi connectivity index (χ2v) is 3.50. The molecule has 0 radical (unpaired) electrons. The monoisotopic (exact) mass is 240 g/mol. The Morgan fingerprint density at radius 1 is 1.73 bits per heavy atom. The Kier molecular flexibility index (Phi) is 5.17. The number of hydrogen-bond donors (Lipinski definition) is 1. The predicted octanol–water partition coefficient (Wildman–Crippen LogP) is 1.05. The van der Waals surface area contributed by atoms with E-state index in [2.05, 4.69) is 11.9 Å². The van der Waals surface area contributed by atoms with Gasteiger partial charge < -0.3 is 4.90 Å². The molecule has 0 aromatic rings. The van der Waals surface area contributed by atoms with Crippen molar-refractivity contribution in [3.8, 4) is 0 Å². The number of hydrogen-bond acceptors (Lipinski definition) is 2. The first-order valence-electron chi connectivity index (χ1n) is 4.43. The van der Waals surface area contributed by atoms with Crippen molar-refractivity contribution in [3.63, 3.8) is 0 Å². The quantitative estimate of drug-likeness (QED) is 0.748. The first kappa shape index (κ1) is 14.3. The number of halogens is 3. The molecule has 0 spiro atoms. The van der Waals surface area contributed by atoms with Crippen LogP contribution in [-0.2, 0) is 4.79 Å². The molecule has 1 atom stereocenters. The topological polar surface area (TPSA) is 32.3 Å². The largest absolute Gasteiger partial charge is 0.341 e. The summed E-state index contributed by atoms with van der Waals surface area (Å²) >= 11 is 0. The number of nitrogens with zero attached hydrogens (tertiary/aromatic N) is 1. The van der Waals surface area contributed by atoms with E-state index < -0.39 is 24.9 Å². The van der Waals surface area contributed by atoms with Gasteiger partial charge in [0.05, 0.1) is 12.6 Å². The fourth-order valence-electron chi connectivity index (χ4n) is 1.44. The van der Waals surface area contributed by atoms with Crippen LogP contribution < -0.4 is 5.32 Å². The Bertz CT molecular complexity index is 248. The van der Waals surface area contributed by atoms with Crippen molar-refractivity contribution in [2.75, 3.05) is 20.1 Å². The highest BCUT2D eigenvalue weighted by molar-refractivity contribution is 5.85. The van der Waals surface area contributed by atoms with Crippen LogP contribution in [0.2, 0.25) is 0 Å². The van der Waals surface area contributed by atoms with Crippen molar-refractivity contribution in [2.45, 2.75) is 18.4 Å². The lowest BCUT2D eigenvalue weighted by Gasteiger charge is -2.19. The van der Waals surface area contributed by atoms with Crippen LogP contribution in [-0.4, -0.2) is 42.9 Å². The van der Waals surface area contributed by atoms with E-state index >= 15 is 0 Å². The summed E-state index contributed by atoms with van der Waals surface area (Å²) in [5.41, 5.74) is 0. The van der Waals surface area contributed by atoms with Gasteiger partial charge in [-0.05, 0) is 0 Å². The fourth-order valence-corrected chi connectivity index (χ4v) is 1.44. The molecular formula is C9H15ClF2N2O. The predicted molar refractivity (Wildman–Crippen MR) is 56.4 cm³/mol.